The Hall–Kier alpha value is -1.11. The number of nitrogens with zero attached hydrogens (tertiary/aromatic N) is 1. The van der Waals surface area contributed by atoms with Gasteiger partial charge in [0.2, 0.25) is 0 Å². The zero-order chi connectivity index (χ0) is 12.3. The zero-order valence-electron chi connectivity index (χ0n) is 9.46. The number of aliphatic hydroxyl groups is 1. The van der Waals surface area contributed by atoms with Gasteiger partial charge in [-0.25, -0.2) is 0 Å². The molecule has 17 heavy (non-hydrogen) atoms. The molecule has 1 aromatic carbocycles. The maximum absolute atomic E-state index is 11.9. The average Bonchev–Trinajstić information content (AvgIpc) is 2.84. The van der Waals surface area contributed by atoms with Crippen LogP contribution in [0.2, 0.25) is 0 Å². The van der Waals surface area contributed by atoms with Gasteiger partial charge < -0.3 is 5.11 Å². The third-order valence-electron chi connectivity index (χ3n) is 2.79. The maximum atomic E-state index is 11.9. The number of benzene rings is 1. The fourth-order valence-electron chi connectivity index (χ4n) is 1.82. The summed E-state index contributed by atoms with van der Waals surface area (Å²) in [5.41, 5.74) is 1.28. The Morgan fingerprint density at radius 1 is 1.18 bits per heavy atom. The lowest BCUT2D eigenvalue weighted by atomic mass is 10.2. The Morgan fingerprint density at radius 3 is 2.29 bits per heavy atom. The maximum Gasteiger partial charge on any atom is 0.301 e. The minimum absolute atomic E-state index is 0.0425. The summed E-state index contributed by atoms with van der Waals surface area (Å²) in [6, 6.07) is 6.70. The molecule has 0 aliphatic carbocycles. The van der Waals surface area contributed by atoms with Crippen LogP contribution in [0.3, 0.4) is 0 Å². The molecular weight excluding hydrogens is 240 g/mol. The van der Waals surface area contributed by atoms with Crippen LogP contribution in [-0.2, 0) is 16.8 Å². The number of aliphatic hydroxyl groups excluding tert-OH is 1. The predicted molar refractivity (Wildman–Crippen MR) is 65.7 cm³/mol. The summed E-state index contributed by atoms with van der Waals surface area (Å²) in [4.78, 5) is 0. The summed E-state index contributed by atoms with van der Waals surface area (Å²) in [5, 5.41) is 8.89. The second kappa shape index (κ2) is 5.03. The number of hydrogen-bond acceptors (Lipinski definition) is 3. The van der Waals surface area contributed by atoms with Crippen molar-refractivity contribution in [3.8, 4) is 0 Å². The molecular formula is C11H16N2O3S. The number of anilines is 1. The van der Waals surface area contributed by atoms with E-state index in [1.54, 1.807) is 24.3 Å². The summed E-state index contributed by atoms with van der Waals surface area (Å²) < 4.78 is 27.8. The van der Waals surface area contributed by atoms with E-state index in [1.807, 2.05) is 0 Å². The van der Waals surface area contributed by atoms with E-state index in [0.29, 0.717) is 18.8 Å². The van der Waals surface area contributed by atoms with Crippen molar-refractivity contribution >= 4 is 15.9 Å². The molecule has 0 bridgehead atoms. The molecule has 94 valence electrons. The SMILES string of the molecule is O=S(=O)(Nc1ccc(CO)cc1)N1CCCC1. The van der Waals surface area contributed by atoms with E-state index < -0.39 is 10.2 Å². The first-order valence-corrected chi connectivity index (χ1v) is 7.03. The molecule has 2 N–H and O–H groups in total. The number of nitrogens with one attached hydrogen (secondary N) is 1. The predicted octanol–water partition coefficient (Wildman–Crippen LogP) is 0.931. The van der Waals surface area contributed by atoms with Crippen LogP contribution in [0.5, 0.6) is 0 Å². The van der Waals surface area contributed by atoms with Crippen molar-refractivity contribution in [1.82, 2.24) is 4.31 Å². The van der Waals surface area contributed by atoms with E-state index in [4.69, 9.17) is 5.11 Å². The average molecular weight is 256 g/mol. The van der Waals surface area contributed by atoms with Crippen molar-refractivity contribution in [3.63, 3.8) is 0 Å². The van der Waals surface area contributed by atoms with Crippen LogP contribution in [0.4, 0.5) is 5.69 Å². The molecule has 2 rings (SSSR count). The lowest BCUT2D eigenvalue weighted by Crippen LogP contribution is -2.33. The van der Waals surface area contributed by atoms with Gasteiger partial charge in [0.1, 0.15) is 0 Å². The van der Waals surface area contributed by atoms with Crippen molar-refractivity contribution in [2.75, 3.05) is 17.8 Å². The molecule has 1 aromatic rings. The number of rotatable bonds is 4. The fraction of sp³-hybridized carbons (Fsp3) is 0.455. The molecule has 6 heteroatoms. The molecule has 1 fully saturated rings. The van der Waals surface area contributed by atoms with Crippen molar-refractivity contribution < 1.29 is 13.5 Å². The topological polar surface area (TPSA) is 69.6 Å². The van der Waals surface area contributed by atoms with Crippen molar-refractivity contribution in [3.05, 3.63) is 29.8 Å². The van der Waals surface area contributed by atoms with Crippen molar-refractivity contribution in [1.29, 1.82) is 0 Å². The molecule has 1 aliphatic rings. The van der Waals surface area contributed by atoms with Crippen molar-refractivity contribution in [2.45, 2.75) is 19.4 Å². The van der Waals surface area contributed by atoms with Crippen LogP contribution >= 0.6 is 0 Å². The molecule has 1 heterocycles. The molecule has 0 unspecified atom stereocenters. The zero-order valence-corrected chi connectivity index (χ0v) is 10.3. The molecule has 0 saturated carbocycles. The lowest BCUT2D eigenvalue weighted by molar-refractivity contribution is 0.282. The molecule has 0 radical (unpaired) electrons. The van der Waals surface area contributed by atoms with Crippen LogP contribution in [0.1, 0.15) is 18.4 Å². The smallest absolute Gasteiger partial charge is 0.301 e. The highest BCUT2D eigenvalue weighted by Crippen LogP contribution is 2.17. The van der Waals surface area contributed by atoms with Crippen LogP contribution < -0.4 is 4.72 Å². The Kier molecular flexibility index (Phi) is 3.66. The van der Waals surface area contributed by atoms with Gasteiger partial charge in [-0.15, -0.1) is 0 Å². The molecule has 5 nitrogen and oxygen atoms in total. The summed E-state index contributed by atoms with van der Waals surface area (Å²) in [7, 11) is -3.41. The van der Waals surface area contributed by atoms with E-state index >= 15 is 0 Å². The van der Waals surface area contributed by atoms with E-state index in [2.05, 4.69) is 4.72 Å². The van der Waals surface area contributed by atoms with Gasteiger partial charge in [-0.05, 0) is 30.5 Å². The standard InChI is InChI=1S/C11H16N2O3S/c14-9-10-3-5-11(6-4-10)12-17(15,16)13-7-1-2-8-13/h3-6,12,14H,1-2,7-9H2. The van der Waals surface area contributed by atoms with E-state index in [-0.39, 0.29) is 6.61 Å². The highest BCUT2D eigenvalue weighted by molar-refractivity contribution is 7.90. The molecule has 1 saturated heterocycles. The van der Waals surface area contributed by atoms with Crippen LogP contribution in [0.25, 0.3) is 0 Å². The van der Waals surface area contributed by atoms with E-state index in [0.717, 1.165) is 18.4 Å². The van der Waals surface area contributed by atoms with Crippen molar-refractivity contribution in [2.24, 2.45) is 0 Å². The first kappa shape index (κ1) is 12.3. The van der Waals surface area contributed by atoms with Crippen LogP contribution in [0.15, 0.2) is 24.3 Å². The summed E-state index contributed by atoms with van der Waals surface area (Å²) in [6.45, 7) is 1.13. The van der Waals surface area contributed by atoms with Gasteiger partial charge in [0.15, 0.2) is 0 Å². The molecule has 0 atom stereocenters. The highest BCUT2D eigenvalue weighted by Gasteiger charge is 2.24. The highest BCUT2D eigenvalue weighted by atomic mass is 32.2. The van der Waals surface area contributed by atoms with Gasteiger partial charge in [0.05, 0.1) is 6.61 Å². The Bertz CT molecular complexity index is 464. The second-order valence-corrected chi connectivity index (χ2v) is 5.74. The second-order valence-electron chi connectivity index (χ2n) is 4.07. The quantitative estimate of drug-likeness (QED) is 0.842. The van der Waals surface area contributed by atoms with Gasteiger partial charge in [0, 0.05) is 18.8 Å². The number of hydrogen-bond donors (Lipinski definition) is 2. The summed E-state index contributed by atoms with van der Waals surface area (Å²) in [6.07, 6.45) is 1.84. The summed E-state index contributed by atoms with van der Waals surface area (Å²) >= 11 is 0. The molecule has 1 aliphatic heterocycles. The van der Waals surface area contributed by atoms with Gasteiger partial charge in [-0.2, -0.15) is 12.7 Å². The van der Waals surface area contributed by atoms with Crippen LogP contribution in [0, 0.1) is 0 Å². The molecule has 0 aromatic heterocycles. The normalized spacial score (nSPS) is 17.2. The monoisotopic (exact) mass is 256 g/mol. The minimum Gasteiger partial charge on any atom is -0.392 e. The lowest BCUT2D eigenvalue weighted by Gasteiger charge is -2.16. The Balaban J connectivity index is 2.08. The minimum atomic E-state index is -3.41. The first-order chi connectivity index (χ1) is 8.12. The van der Waals surface area contributed by atoms with Gasteiger partial charge in [0.25, 0.3) is 0 Å². The largest absolute Gasteiger partial charge is 0.392 e. The summed E-state index contributed by atoms with van der Waals surface area (Å²) in [5.74, 6) is 0. The Morgan fingerprint density at radius 2 is 1.76 bits per heavy atom. The first-order valence-electron chi connectivity index (χ1n) is 5.59. The molecule has 0 spiro atoms. The fourth-order valence-corrected chi connectivity index (χ4v) is 3.12. The van der Waals surface area contributed by atoms with E-state index in [9.17, 15) is 8.42 Å². The third-order valence-corrected chi connectivity index (χ3v) is 4.33. The van der Waals surface area contributed by atoms with Gasteiger partial charge >= 0.3 is 10.2 Å². The van der Waals surface area contributed by atoms with Gasteiger partial charge in [-0.1, -0.05) is 12.1 Å². The van der Waals surface area contributed by atoms with E-state index in [1.165, 1.54) is 4.31 Å². The molecule has 0 amide bonds. The Labute approximate surface area is 101 Å². The van der Waals surface area contributed by atoms with Gasteiger partial charge in [-0.3, -0.25) is 4.72 Å². The third kappa shape index (κ3) is 2.96. The van der Waals surface area contributed by atoms with Crippen LogP contribution in [-0.4, -0.2) is 30.9 Å².